The molecule has 1 atom stereocenters. The molecule has 3 aromatic carbocycles. The van der Waals surface area contributed by atoms with Gasteiger partial charge >= 0.3 is 41.8 Å². The van der Waals surface area contributed by atoms with Crippen LogP contribution in [0, 0.1) is 17.2 Å². The normalized spacial score (nSPS) is 13.7. The van der Waals surface area contributed by atoms with Gasteiger partial charge in [-0.1, -0.05) is 144 Å². The molecule has 81 heavy (non-hydrogen) atoms. The van der Waals surface area contributed by atoms with Crippen molar-refractivity contribution in [2.24, 2.45) is 5.92 Å². The fourth-order valence-electron chi connectivity index (χ4n) is 7.85. The van der Waals surface area contributed by atoms with Crippen molar-refractivity contribution in [2.75, 3.05) is 46.1 Å². The van der Waals surface area contributed by atoms with Crippen LogP contribution in [-0.4, -0.2) is 110 Å². The van der Waals surface area contributed by atoms with Gasteiger partial charge in [0.05, 0.1) is 56.9 Å². The van der Waals surface area contributed by atoms with E-state index < -0.39 is 59.2 Å². The van der Waals surface area contributed by atoms with Crippen LogP contribution in [0.25, 0.3) is 0 Å². The summed E-state index contributed by atoms with van der Waals surface area (Å²) in [6.45, 7) is 17.0. The van der Waals surface area contributed by atoms with Gasteiger partial charge in [0.15, 0.2) is 17.1 Å². The number of carbonyl (C=O) groups excluding carboxylic acids is 9. The first-order chi connectivity index (χ1) is 38.9. The lowest BCUT2D eigenvalue weighted by Crippen LogP contribution is -2.42. The second-order valence-corrected chi connectivity index (χ2v) is 23.0. The standard InChI is InChI=1S/C58H61N3O16S4/c1-9-13-20-35(12-4)32-75-54(68)40(31-59)57-78-44-42(76-55(69)38-23-18-16-21-36(38)52(66)73-29-27-71-50(64)33(5)6)46-47(81-58(80-46)41-48(62)60(25-14-10-2)61(49(41)63)26-15-11-3)43(45(44)79-57)77-56(70)39-24-19-17-22-37(39)53(67)74-30-28-72-51(65)34(7)8/h16-19,21-24,35H,5,7,9-15,20,25-30,32H2,1-4,6,8H3. The van der Waals surface area contributed by atoms with E-state index in [1.54, 1.807) is 0 Å². The summed E-state index contributed by atoms with van der Waals surface area (Å²) < 4.78 is 39.4. The van der Waals surface area contributed by atoms with E-state index in [1.807, 2.05) is 33.8 Å². The van der Waals surface area contributed by atoms with Gasteiger partial charge in [0.25, 0.3) is 11.8 Å². The molecule has 1 fully saturated rings. The largest absolute Gasteiger partial charge is 0.461 e. The van der Waals surface area contributed by atoms with Gasteiger partial charge in [0.2, 0.25) is 0 Å². The number of rotatable bonds is 27. The lowest BCUT2D eigenvalue weighted by molar-refractivity contribution is -0.147. The molecular formula is C58H61N3O16S4. The molecule has 2 amide bonds. The van der Waals surface area contributed by atoms with Crippen molar-refractivity contribution >= 4 is 101 Å². The van der Waals surface area contributed by atoms with E-state index in [9.17, 15) is 48.4 Å². The van der Waals surface area contributed by atoms with Crippen LogP contribution in [0.3, 0.4) is 0 Å². The zero-order valence-electron chi connectivity index (χ0n) is 45.7. The van der Waals surface area contributed by atoms with Crippen molar-refractivity contribution < 1.29 is 76.3 Å². The maximum absolute atomic E-state index is 14.7. The average Bonchev–Trinajstić information content (AvgIpc) is 4.29. The summed E-state index contributed by atoms with van der Waals surface area (Å²) in [5.74, 6) is -8.01. The molecule has 1 unspecified atom stereocenters. The Kier molecular flexibility index (Phi) is 23.3. The van der Waals surface area contributed by atoms with Crippen LogP contribution in [0.15, 0.2) is 112 Å². The lowest BCUT2D eigenvalue weighted by Gasteiger charge is -2.27. The van der Waals surface area contributed by atoms with Crippen molar-refractivity contribution in [3.8, 4) is 17.6 Å². The minimum atomic E-state index is -1.09. The van der Waals surface area contributed by atoms with Gasteiger partial charge in [-0.3, -0.25) is 9.59 Å². The SMILES string of the molecule is C=C(C)C(=O)OCCOC(=O)c1ccccc1C(=O)Oc1c2c(c(OC(=O)c3ccccc3C(=O)OCCOC(=O)C(=C)C)c3c1SC(=C1C(=O)N(CCCC)N(CCCC)C1=O)S3)SC(=C(C#N)C(=O)OCC(CC)CCCC)S2. The van der Waals surface area contributed by atoms with Crippen LogP contribution in [0.1, 0.15) is 134 Å². The zero-order chi connectivity index (χ0) is 58.9. The van der Waals surface area contributed by atoms with E-state index >= 15 is 0 Å². The average molecular weight is 1180 g/mol. The van der Waals surface area contributed by atoms with Gasteiger partial charge in [-0.15, -0.1) is 0 Å². The molecule has 0 saturated carbocycles. The maximum Gasteiger partial charge on any atom is 0.350 e. The summed E-state index contributed by atoms with van der Waals surface area (Å²) in [7, 11) is 0. The molecule has 0 bridgehead atoms. The molecular weight excluding hydrogens is 1120 g/mol. The fourth-order valence-corrected chi connectivity index (χ4v) is 13.3. The Balaban J connectivity index is 1.51. The molecule has 1 saturated heterocycles. The predicted molar refractivity (Wildman–Crippen MR) is 302 cm³/mol. The number of carbonyl (C=O) groups is 9. The Hall–Kier alpha value is -7.26. The number of esters is 7. The van der Waals surface area contributed by atoms with Crippen LogP contribution in [0.2, 0.25) is 0 Å². The molecule has 3 heterocycles. The summed E-state index contributed by atoms with van der Waals surface area (Å²) in [5, 5.41) is 13.5. The highest BCUT2D eigenvalue weighted by Crippen LogP contribution is 2.69. The van der Waals surface area contributed by atoms with Crippen molar-refractivity contribution in [1.29, 1.82) is 5.26 Å². The second kappa shape index (κ2) is 30.0. The molecule has 0 radical (unpaired) electrons. The Labute approximate surface area is 486 Å². The number of nitrogens with zero attached hydrogens (tertiary/aromatic N) is 3. The van der Waals surface area contributed by atoms with Crippen molar-refractivity contribution in [3.63, 3.8) is 0 Å². The third-order valence-corrected chi connectivity index (χ3v) is 17.5. The summed E-state index contributed by atoms with van der Waals surface area (Å²) in [4.78, 5) is 124. The topological polar surface area (TPSA) is 249 Å². The van der Waals surface area contributed by atoms with E-state index in [2.05, 4.69) is 13.2 Å². The highest BCUT2D eigenvalue weighted by molar-refractivity contribution is 8.26. The first-order valence-corrected chi connectivity index (χ1v) is 29.4. The molecule has 23 heteroatoms. The summed E-state index contributed by atoms with van der Waals surface area (Å²) in [6, 6.07) is 13.2. The van der Waals surface area contributed by atoms with Gasteiger partial charge in [0, 0.05) is 24.2 Å². The monoisotopic (exact) mass is 1180 g/mol. The highest BCUT2D eigenvalue weighted by atomic mass is 32.2. The summed E-state index contributed by atoms with van der Waals surface area (Å²) in [6.07, 6.45) is 5.96. The number of hydrazine groups is 1. The van der Waals surface area contributed by atoms with Gasteiger partial charge in [0.1, 0.15) is 38.1 Å². The highest BCUT2D eigenvalue weighted by Gasteiger charge is 2.47. The molecule has 3 aromatic rings. The molecule has 428 valence electrons. The number of thioether (sulfide) groups is 4. The molecule has 19 nitrogen and oxygen atoms in total. The Morgan fingerprint density at radius 2 is 0.951 bits per heavy atom. The van der Waals surface area contributed by atoms with Gasteiger partial charge in [-0.05, 0) is 63.3 Å². The second-order valence-electron chi connectivity index (χ2n) is 18.4. The number of fused-ring (bicyclic) bond motifs is 2. The van der Waals surface area contributed by atoms with E-state index in [0.717, 1.165) is 79.2 Å². The fraction of sp³-hybridized carbons (Fsp3) is 0.379. The van der Waals surface area contributed by atoms with Crippen LogP contribution in [0.4, 0.5) is 0 Å². The van der Waals surface area contributed by atoms with E-state index in [0.29, 0.717) is 19.3 Å². The number of amides is 2. The Bertz CT molecular complexity index is 2970. The van der Waals surface area contributed by atoms with Crippen molar-refractivity contribution in [1.82, 2.24) is 10.0 Å². The molecule has 3 aliphatic heterocycles. The quantitative estimate of drug-likeness (QED) is 0.0131. The minimum absolute atomic E-state index is 0.0202. The third-order valence-electron chi connectivity index (χ3n) is 12.3. The maximum atomic E-state index is 14.7. The molecule has 0 spiro atoms. The van der Waals surface area contributed by atoms with Crippen molar-refractivity contribution in [3.05, 3.63) is 115 Å². The minimum Gasteiger partial charge on any atom is -0.461 e. The first kappa shape index (κ1) is 62.9. The first-order valence-electron chi connectivity index (χ1n) is 26.2. The van der Waals surface area contributed by atoms with E-state index in [1.165, 1.54) is 72.4 Å². The summed E-state index contributed by atoms with van der Waals surface area (Å²) in [5.41, 5.74) is -1.33. The van der Waals surface area contributed by atoms with E-state index in [-0.39, 0.29) is 131 Å². The number of hydrogen-bond acceptors (Lipinski definition) is 21. The van der Waals surface area contributed by atoms with E-state index in [4.69, 9.17) is 33.2 Å². The lowest BCUT2D eigenvalue weighted by atomic mass is 10.0. The third kappa shape index (κ3) is 15.4. The number of unbranched alkanes of at least 4 members (excludes halogenated alkanes) is 3. The smallest absolute Gasteiger partial charge is 0.350 e. The van der Waals surface area contributed by atoms with Gasteiger partial charge in [-0.2, -0.15) is 5.26 Å². The molecule has 0 N–H and O–H groups in total. The molecule has 6 rings (SSSR count). The van der Waals surface area contributed by atoms with Crippen molar-refractivity contribution in [2.45, 2.75) is 112 Å². The zero-order valence-corrected chi connectivity index (χ0v) is 49.0. The number of ether oxygens (including phenoxy) is 7. The van der Waals surface area contributed by atoms with Crippen LogP contribution < -0.4 is 9.47 Å². The van der Waals surface area contributed by atoms with Crippen LogP contribution >= 0.6 is 47.0 Å². The van der Waals surface area contributed by atoms with Gasteiger partial charge < -0.3 is 33.2 Å². The summed E-state index contributed by atoms with van der Waals surface area (Å²) >= 11 is 3.42. The van der Waals surface area contributed by atoms with Gasteiger partial charge in [-0.25, -0.2) is 43.6 Å². The number of nitriles is 1. The Morgan fingerprint density at radius 1 is 0.556 bits per heavy atom. The predicted octanol–water partition coefficient (Wildman–Crippen LogP) is 11.0. The number of benzene rings is 3. The molecule has 0 aromatic heterocycles. The molecule has 0 aliphatic carbocycles. The van der Waals surface area contributed by atoms with Crippen LogP contribution in [-0.2, 0) is 47.7 Å². The molecule has 3 aliphatic rings. The van der Waals surface area contributed by atoms with Crippen LogP contribution in [0.5, 0.6) is 11.5 Å². The number of hydrogen-bond donors (Lipinski definition) is 0. The Morgan fingerprint density at radius 3 is 1.33 bits per heavy atom.